The third-order valence-corrected chi connectivity index (χ3v) is 6.53. The predicted molar refractivity (Wildman–Crippen MR) is 116 cm³/mol. The minimum Gasteiger partial charge on any atom is -0.504 e. The van der Waals surface area contributed by atoms with Crippen LogP contribution >= 0.6 is 0 Å². The highest BCUT2D eigenvalue weighted by atomic mass is 16.5. The summed E-state index contributed by atoms with van der Waals surface area (Å²) in [6.07, 6.45) is 3.96. The Morgan fingerprint density at radius 3 is 2.81 bits per heavy atom. The molecule has 2 fully saturated rings. The van der Waals surface area contributed by atoms with E-state index in [1.165, 1.54) is 0 Å². The molecule has 2 N–H and O–H groups in total. The second kappa shape index (κ2) is 8.88. The summed E-state index contributed by atoms with van der Waals surface area (Å²) in [5.74, 6) is 0.624. The summed E-state index contributed by atoms with van der Waals surface area (Å²) in [4.78, 5) is 14.8. The van der Waals surface area contributed by atoms with E-state index < -0.39 is 0 Å². The molecule has 8 nitrogen and oxygen atoms in total. The van der Waals surface area contributed by atoms with Crippen molar-refractivity contribution in [2.75, 3.05) is 26.7 Å². The highest BCUT2D eigenvalue weighted by Gasteiger charge is 2.42. The van der Waals surface area contributed by atoms with E-state index >= 15 is 0 Å². The first-order valence-corrected chi connectivity index (χ1v) is 10.9. The number of aromatic nitrogens is 2. The first kappa shape index (κ1) is 21.6. The lowest BCUT2D eigenvalue weighted by molar-refractivity contribution is -0.0765. The molecular weight excluding hydrogens is 396 g/mol. The molecule has 31 heavy (non-hydrogen) atoms. The van der Waals surface area contributed by atoms with Gasteiger partial charge in [0.05, 0.1) is 24.5 Å². The SMILES string of the molecule is COc1cccc(CN2CCC3(CC[C@@H](CNC(=O)c4cc(C)nn4C)O3)CC2)c1O. The number of phenols is 1. The average Bonchev–Trinajstić information content (AvgIpc) is 3.32. The van der Waals surface area contributed by atoms with Crippen molar-refractivity contribution in [2.24, 2.45) is 7.05 Å². The van der Waals surface area contributed by atoms with Crippen molar-refractivity contribution in [3.8, 4) is 11.5 Å². The fraction of sp³-hybridized carbons (Fsp3) is 0.565. The van der Waals surface area contributed by atoms with Crippen molar-refractivity contribution in [2.45, 2.75) is 50.9 Å². The first-order chi connectivity index (χ1) is 14.9. The highest BCUT2D eigenvalue weighted by Crippen LogP contribution is 2.39. The summed E-state index contributed by atoms with van der Waals surface area (Å²) >= 11 is 0. The zero-order valence-electron chi connectivity index (χ0n) is 18.6. The molecule has 8 heteroatoms. The lowest BCUT2D eigenvalue weighted by Gasteiger charge is -2.39. The summed E-state index contributed by atoms with van der Waals surface area (Å²) < 4.78 is 13.3. The van der Waals surface area contributed by atoms with Gasteiger partial charge in [-0.25, -0.2) is 0 Å². The Labute approximate surface area is 183 Å². The molecule has 0 saturated carbocycles. The molecule has 168 valence electrons. The van der Waals surface area contributed by atoms with Gasteiger partial charge in [0, 0.05) is 38.8 Å². The standard InChI is InChI=1S/C23H32N4O4/c1-16-13-19(26(2)25-16)22(29)24-14-18-7-8-23(31-18)9-11-27(12-10-23)15-17-5-4-6-20(30-3)21(17)28/h4-6,13,18,28H,7-12,14-15H2,1-3H3,(H,24,29)/t18-/m0/s1. The Bertz CT molecular complexity index is 934. The molecule has 0 unspecified atom stereocenters. The van der Waals surface area contributed by atoms with Crippen LogP contribution in [0, 0.1) is 6.92 Å². The fourth-order valence-corrected chi connectivity index (χ4v) is 4.75. The van der Waals surface area contributed by atoms with Gasteiger partial charge in [0.25, 0.3) is 5.91 Å². The third kappa shape index (κ3) is 4.70. The summed E-state index contributed by atoms with van der Waals surface area (Å²) in [7, 11) is 3.35. The minimum atomic E-state index is -0.111. The number of aromatic hydroxyl groups is 1. The van der Waals surface area contributed by atoms with Crippen LogP contribution < -0.4 is 10.1 Å². The van der Waals surface area contributed by atoms with E-state index in [1.54, 1.807) is 31.0 Å². The number of nitrogens with zero attached hydrogens (tertiary/aromatic N) is 3. The van der Waals surface area contributed by atoms with Gasteiger partial charge in [-0.05, 0) is 44.7 Å². The van der Waals surface area contributed by atoms with Gasteiger partial charge in [-0.15, -0.1) is 0 Å². The maximum Gasteiger partial charge on any atom is 0.269 e. The van der Waals surface area contributed by atoms with E-state index in [0.717, 1.165) is 50.0 Å². The van der Waals surface area contributed by atoms with Crippen molar-refractivity contribution in [3.63, 3.8) is 0 Å². The van der Waals surface area contributed by atoms with Crippen molar-refractivity contribution in [1.82, 2.24) is 20.0 Å². The smallest absolute Gasteiger partial charge is 0.269 e. The zero-order chi connectivity index (χ0) is 22.0. The van der Waals surface area contributed by atoms with Crippen LogP contribution in [-0.2, 0) is 18.3 Å². The summed E-state index contributed by atoms with van der Waals surface area (Å²) in [6, 6.07) is 7.41. The molecule has 0 radical (unpaired) electrons. The molecular formula is C23H32N4O4. The van der Waals surface area contributed by atoms with Crippen LogP contribution in [0.2, 0.25) is 0 Å². The lowest BCUT2D eigenvalue weighted by Crippen LogP contribution is -2.45. The van der Waals surface area contributed by atoms with E-state index in [0.29, 0.717) is 24.5 Å². The Kier molecular flexibility index (Phi) is 6.20. The number of hydrogen-bond donors (Lipinski definition) is 2. The molecule has 2 aliphatic rings. The van der Waals surface area contributed by atoms with Gasteiger partial charge in [0.2, 0.25) is 0 Å². The quantitative estimate of drug-likeness (QED) is 0.735. The van der Waals surface area contributed by atoms with Gasteiger partial charge in [-0.1, -0.05) is 12.1 Å². The number of para-hydroxylation sites is 1. The monoisotopic (exact) mass is 428 g/mol. The Morgan fingerprint density at radius 1 is 1.35 bits per heavy atom. The summed E-state index contributed by atoms with van der Waals surface area (Å²) in [5, 5.41) is 17.6. The minimum absolute atomic E-state index is 0.0484. The van der Waals surface area contributed by atoms with Gasteiger partial charge in [-0.3, -0.25) is 14.4 Å². The molecule has 1 spiro atoms. The molecule has 2 saturated heterocycles. The van der Waals surface area contributed by atoms with Gasteiger partial charge in [0.1, 0.15) is 5.69 Å². The topological polar surface area (TPSA) is 88.9 Å². The normalized spacial score (nSPS) is 20.8. The molecule has 0 aliphatic carbocycles. The second-order valence-corrected chi connectivity index (χ2v) is 8.71. The van der Waals surface area contributed by atoms with Crippen molar-refractivity contribution in [3.05, 3.63) is 41.2 Å². The van der Waals surface area contributed by atoms with Crippen LogP contribution in [0.3, 0.4) is 0 Å². The number of nitrogens with one attached hydrogen (secondary N) is 1. The number of carbonyl (C=O) groups excluding carboxylic acids is 1. The molecule has 3 heterocycles. The van der Waals surface area contributed by atoms with Gasteiger partial charge >= 0.3 is 0 Å². The third-order valence-electron chi connectivity index (χ3n) is 6.53. The number of rotatable bonds is 6. The summed E-state index contributed by atoms with van der Waals surface area (Å²) in [6.45, 7) is 4.94. The van der Waals surface area contributed by atoms with E-state index in [-0.39, 0.29) is 23.4 Å². The average molecular weight is 429 g/mol. The molecule has 2 aromatic rings. The number of phenolic OH excluding ortho intramolecular Hbond substituents is 1. The number of amides is 1. The molecule has 1 amide bonds. The van der Waals surface area contributed by atoms with E-state index in [4.69, 9.17) is 9.47 Å². The molecule has 4 rings (SSSR count). The van der Waals surface area contributed by atoms with Crippen LogP contribution in [0.4, 0.5) is 0 Å². The number of benzene rings is 1. The van der Waals surface area contributed by atoms with Crippen LogP contribution in [0.5, 0.6) is 11.5 Å². The molecule has 2 aliphatic heterocycles. The largest absolute Gasteiger partial charge is 0.504 e. The van der Waals surface area contributed by atoms with Gasteiger partial charge < -0.3 is 19.9 Å². The van der Waals surface area contributed by atoms with Crippen molar-refractivity contribution < 1.29 is 19.4 Å². The first-order valence-electron chi connectivity index (χ1n) is 10.9. The fourth-order valence-electron chi connectivity index (χ4n) is 4.75. The van der Waals surface area contributed by atoms with E-state index in [1.807, 2.05) is 19.1 Å². The zero-order valence-corrected chi connectivity index (χ0v) is 18.6. The molecule has 0 bridgehead atoms. The lowest BCUT2D eigenvalue weighted by atomic mass is 9.88. The number of piperidine rings is 1. The maximum atomic E-state index is 12.4. The Hall–Kier alpha value is -2.58. The highest BCUT2D eigenvalue weighted by molar-refractivity contribution is 5.92. The van der Waals surface area contributed by atoms with Crippen LogP contribution in [0.1, 0.15) is 47.4 Å². The maximum absolute atomic E-state index is 12.4. The molecule has 1 aromatic carbocycles. The summed E-state index contributed by atoms with van der Waals surface area (Å²) in [5.41, 5.74) is 2.19. The molecule has 1 aromatic heterocycles. The van der Waals surface area contributed by atoms with Gasteiger partial charge in [-0.2, -0.15) is 5.10 Å². The number of likely N-dealkylation sites (tertiary alicyclic amines) is 1. The van der Waals surface area contributed by atoms with E-state index in [9.17, 15) is 9.90 Å². The second-order valence-electron chi connectivity index (χ2n) is 8.71. The van der Waals surface area contributed by atoms with Crippen molar-refractivity contribution in [1.29, 1.82) is 0 Å². The number of hydrogen-bond acceptors (Lipinski definition) is 6. The Balaban J connectivity index is 1.26. The number of carbonyl (C=O) groups is 1. The predicted octanol–water partition coefficient (Wildman–Crippen LogP) is 2.39. The Morgan fingerprint density at radius 2 is 2.13 bits per heavy atom. The van der Waals surface area contributed by atoms with Crippen LogP contribution in [0.15, 0.2) is 24.3 Å². The van der Waals surface area contributed by atoms with E-state index in [2.05, 4.69) is 15.3 Å². The van der Waals surface area contributed by atoms with Crippen molar-refractivity contribution >= 4 is 5.91 Å². The number of ether oxygens (including phenoxy) is 2. The molecule has 1 atom stereocenters. The van der Waals surface area contributed by atoms with Crippen LogP contribution in [-0.4, -0.2) is 64.1 Å². The number of aryl methyl sites for hydroxylation is 2. The number of methoxy groups -OCH3 is 1. The van der Waals surface area contributed by atoms with Gasteiger partial charge in [0.15, 0.2) is 11.5 Å². The van der Waals surface area contributed by atoms with Crippen LogP contribution in [0.25, 0.3) is 0 Å².